The third-order valence-electron chi connectivity index (χ3n) is 13.9. The Hall–Kier alpha value is -3.56. The first kappa shape index (κ1) is 52.4. The molecule has 0 aliphatic rings. The van der Waals surface area contributed by atoms with Crippen LogP contribution >= 0.6 is 6.83 Å². The van der Waals surface area contributed by atoms with Crippen molar-refractivity contribution in [2.45, 2.75) is 199 Å². The minimum atomic E-state index is -4.51. The second kappa shape index (κ2) is 28.6. The van der Waals surface area contributed by atoms with Crippen LogP contribution in [0.3, 0.4) is 0 Å². The normalized spacial score (nSPS) is 12.6. The van der Waals surface area contributed by atoms with Crippen LogP contribution in [0.2, 0.25) is 0 Å². The van der Waals surface area contributed by atoms with Gasteiger partial charge in [0.05, 0.1) is 0 Å². The van der Waals surface area contributed by atoms with Gasteiger partial charge in [-0.3, -0.25) is 0 Å². The number of hydrogen-bond acceptors (Lipinski definition) is 3. The molecular weight excluding hydrogens is 832 g/mol. The van der Waals surface area contributed by atoms with Crippen LogP contribution in [0.15, 0.2) is 138 Å². The molecule has 5 aromatic carbocycles. The number of hydrogen-bond donors (Lipinski definition) is 0. The molecule has 0 atom stereocenters. The quantitative estimate of drug-likeness (QED) is 0.0305. The van der Waals surface area contributed by atoms with Crippen molar-refractivity contribution in [3.63, 3.8) is 0 Å². The fourth-order valence-electron chi connectivity index (χ4n) is 10.2. The van der Waals surface area contributed by atoms with Gasteiger partial charge in [0.2, 0.25) is 0 Å². The van der Waals surface area contributed by atoms with Gasteiger partial charge in [-0.25, -0.2) is 0 Å². The van der Waals surface area contributed by atoms with Gasteiger partial charge in [-0.05, 0) is 0 Å². The topological polar surface area (TPSA) is 43.4 Å². The molecule has 0 bridgehead atoms. The predicted molar refractivity (Wildman–Crippen MR) is 285 cm³/mol. The zero-order valence-electron chi connectivity index (χ0n) is 40.9. The van der Waals surface area contributed by atoms with E-state index in [9.17, 15) is 0 Å². The molecule has 0 fully saturated rings. The summed E-state index contributed by atoms with van der Waals surface area (Å²) >= 11 is 0. The number of rotatable bonds is 34. The van der Waals surface area contributed by atoms with E-state index in [0.717, 1.165) is 71.7 Å². The van der Waals surface area contributed by atoms with Crippen molar-refractivity contribution < 1.29 is 12.4 Å². The van der Waals surface area contributed by atoms with Crippen LogP contribution in [0.5, 0.6) is 0 Å². The summed E-state index contributed by atoms with van der Waals surface area (Å²) in [4.78, 5) is 0.363. The summed E-state index contributed by atoms with van der Waals surface area (Å²) in [5.74, 6) is 0. The zero-order chi connectivity index (χ0) is 45.9. The summed E-state index contributed by atoms with van der Waals surface area (Å²) in [6.45, 7) is 2.33. The van der Waals surface area contributed by atoms with E-state index < -0.39 is 16.9 Å². The SMILES string of the molecule is CCCCCCCCCCc1ccc(S(=O)(=O)OP(c2ccccc2)(c2ccccc2)(c2ccccc2)c2ccccc2)c(CCCCCCCCCC)c1CCCCCCCCCC. The van der Waals surface area contributed by atoms with E-state index in [4.69, 9.17) is 3.97 Å². The van der Waals surface area contributed by atoms with E-state index in [2.05, 4.69) is 75.4 Å². The molecule has 0 unspecified atom stereocenters. The first-order valence-corrected chi connectivity index (χ1v) is 29.8. The van der Waals surface area contributed by atoms with E-state index in [0.29, 0.717) is 4.90 Å². The molecule has 0 aliphatic carbocycles. The first-order valence-electron chi connectivity index (χ1n) is 26.3. The van der Waals surface area contributed by atoms with E-state index in [-0.39, 0.29) is 0 Å². The van der Waals surface area contributed by atoms with Gasteiger partial charge in [0.15, 0.2) is 0 Å². The van der Waals surface area contributed by atoms with E-state index in [1.54, 1.807) is 0 Å². The molecule has 5 aromatic rings. The molecule has 0 spiro atoms. The summed E-state index contributed by atoms with van der Waals surface area (Å²) in [5.41, 5.74) is 3.64. The summed E-state index contributed by atoms with van der Waals surface area (Å²) in [6, 6.07) is 45.0. The molecule has 0 N–H and O–H groups in total. The molecule has 3 nitrogen and oxygen atoms in total. The average Bonchev–Trinajstić information content (AvgIpc) is 3.34. The molecule has 5 rings (SSSR count). The van der Waals surface area contributed by atoms with Crippen molar-refractivity contribution in [3.8, 4) is 0 Å². The van der Waals surface area contributed by atoms with E-state index in [1.165, 1.54) is 140 Å². The molecule has 0 saturated carbocycles. The van der Waals surface area contributed by atoms with Gasteiger partial charge in [0.1, 0.15) is 0 Å². The van der Waals surface area contributed by atoms with Crippen LogP contribution in [0.1, 0.15) is 192 Å². The van der Waals surface area contributed by atoms with Crippen LogP contribution in [0.25, 0.3) is 0 Å². The number of unbranched alkanes of at least 4 members (excludes halogenated alkanes) is 21. The van der Waals surface area contributed by atoms with Gasteiger partial charge in [0, 0.05) is 0 Å². The fraction of sp³-hybridized carbons (Fsp3) is 0.500. The van der Waals surface area contributed by atoms with Gasteiger partial charge >= 0.3 is 340 Å². The van der Waals surface area contributed by atoms with Crippen molar-refractivity contribution in [2.24, 2.45) is 0 Å². The number of aryl methyl sites for hydroxylation is 1. The smallest absolute Gasteiger partial charge is 0.0654 e. The standard InChI is InChI=1S/C60H85O3PS/c1-4-7-10-13-16-19-22-29-40-53-51-52-60(59(50-39-24-21-18-15-12-9-6-3)58(53)49-38-23-20-17-14-11-8-5-2)65(61,62)63-64(54-41-30-25-31-42-54,55-43-32-26-33-44-55,56-45-34-27-35-46-56)57-47-36-28-37-48-57/h25-28,30-37,41-48,51-52H,4-24,29,38-40,49-50H2,1-3H3. The monoisotopic (exact) mass is 917 g/mol. The van der Waals surface area contributed by atoms with Crippen molar-refractivity contribution in [1.82, 2.24) is 0 Å². The number of benzene rings is 5. The van der Waals surface area contributed by atoms with E-state index in [1.807, 2.05) is 78.9 Å². The van der Waals surface area contributed by atoms with Gasteiger partial charge in [-0.1, -0.05) is 59.3 Å². The van der Waals surface area contributed by atoms with Gasteiger partial charge in [-0.15, -0.1) is 0 Å². The van der Waals surface area contributed by atoms with Crippen molar-refractivity contribution in [1.29, 1.82) is 0 Å². The Kier molecular flexibility index (Phi) is 23.0. The van der Waals surface area contributed by atoms with E-state index >= 15 is 8.42 Å². The zero-order valence-corrected chi connectivity index (χ0v) is 42.6. The third kappa shape index (κ3) is 14.2. The van der Waals surface area contributed by atoms with Crippen molar-refractivity contribution >= 4 is 38.2 Å². The average molecular weight is 917 g/mol. The minimum absolute atomic E-state index is 0.363. The van der Waals surface area contributed by atoms with Crippen molar-refractivity contribution in [3.05, 3.63) is 150 Å². The third-order valence-corrected chi connectivity index (χ3v) is 21.9. The fourth-order valence-corrected chi connectivity index (χ4v) is 19.0. The summed E-state index contributed by atoms with van der Waals surface area (Å²) in [7, 11) is -4.43. The van der Waals surface area contributed by atoms with Gasteiger partial charge in [0.25, 0.3) is 0 Å². The summed E-state index contributed by atoms with van der Waals surface area (Å²) in [5, 5.41) is 3.45. The summed E-state index contributed by atoms with van der Waals surface area (Å²) < 4.78 is 40.0. The van der Waals surface area contributed by atoms with Crippen LogP contribution in [-0.2, 0) is 33.4 Å². The summed E-state index contributed by atoms with van der Waals surface area (Å²) in [6.07, 6.45) is 32.5. The Balaban J connectivity index is 1.64. The Morgan fingerprint density at radius 2 is 0.631 bits per heavy atom. The molecule has 0 saturated heterocycles. The molecular formula is C60H85O3PS. The van der Waals surface area contributed by atoms with Crippen LogP contribution < -0.4 is 21.2 Å². The molecule has 0 amide bonds. The molecule has 0 radical (unpaired) electrons. The predicted octanol–water partition coefficient (Wildman–Crippen LogP) is 16.2. The van der Waals surface area contributed by atoms with Crippen LogP contribution in [0, 0.1) is 0 Å². The van der Waals surface area contributed by atoms with Crippen LogP contribution in [0.4, 0.5) is 0 Å². The molecule has 354 valence electrons. The van der Waals surface area contributed by atoms with Crippen molar-refractivity contribution in [2.75, 3.05) is 0 Å². The molecule has 5 heteroatoms. The first-order chi connectivity index (χ1) is 31.9. The minimum Gasteiger partial charge on any atom is -0.0654 e. The van der Waals surface area contributed by atoms with Gasteiger partial charge in [-0.2, -0.15) is 0 Å². The second-order valence-electron chi connectivity index (χ2n) is 18.8. The van der Waals surface area contributed by atoms with Gasteiger partial charge < -0.3 is 0 Å². The second-order valence-corrected chi connectivity index (χ2v) is 24.8. The Labute approximate surface area is 397 Å². The molecule has 0 aromatic heterocycles. The molecule has 0 aliphatic heterocycles. The Bertz CT molecular complexity index is 1970. The maximum atomic E-state index is 16.2. The maximum absolute atomic E-state index is 16.2. The molecule has 65 heavy (non-hydrogen) atoms. The molecule has 0 heterocycles. The van der Waals surface area contributed by atoms with Crippen LogP contribution in [-0.4, -0.2) is 8.42 Å². The Morgan fingerprint density at radius 1 is 0.338 bits per heavy atom. The Morgan fingerprint density at radius 3 is 0.969 bits per heavy atom.